The lowest BCUT2D eigenvalue weighted by atomic mass is 10.4. The van der Waals surface area contributed by atoms with E-state index in [9.17, 15) is 4.79 Å². The molecule has 0 saturated carbocycles. The van der Waals surface area contributed by atoms with Gasteiger partial charge in [-0.25, -0.2) is 9.97 Å². The van der Waals surface area contributed by atoms with Gasteiger partial charge in [0.2, 0.25) is 5.91 Å². The molecule has 0 aliphatic carbocycles. The highest BCUT2D eigenvalue weighted by atomic mass is 32.2. The number of hydrogen-bond donors (Lipinski definition) is 1. The lowest BCUT2D eigenvalue weighted by Gasteiger charge is -2.18. The molecule has 0 spiro atoms. The molecule has 96 valence electrons. The van der Waals surface area contributed by atoms with Crippen LogP contribution in [0.1, 0.15) is 0 Å². The van der Waals surface area contributed by atoms with E-state index in [0.29, 0.717) is 23.9 Å². The Morgan fingerprint density at radius 3 is 2.50 bits per heavy atom. The first-order chi connectivity index (χ1) is 8.69. The molecular formula is C12H16N4OS. The SMILES string of the molecule is C=CCN(CC=C)C(=O)CSc1nccnc1N. The Hall–Kier alpha value is -1.82. The Bertz CT molecular complexity index is 426. The summed E-state index contributed by atoms with van der Waals surface area (Å²) in [5, 5.41) is 0.572. The van der Waals surface area contributed by atoms with E-state index in [4.69, 9.17) is 5.73 Å². The third kappa shape index (κ3) is 4.21. The van der Waals surface area contributed by atoms with Crippen molar-refractivity contribution in [3.05, 3.63) is 37.7 Å². The standard InChI is InChI=1S/C12H16N4OS/c1-3-7-16(8-4-2)10(17)9-18-12-11(13)14-5-6-15-12/h3-6H,1-2,7-9H2,(H2,13,14). The predicted molar refractivity (Wildman–Crippen MR) is 74.1 cm³/mol. The molecule has 0 bridgehead atoms. The van der Waals surface area contributed by atoms with Crippen molar-refractivity contribution in [1.29, 1.82) is 0 Å². The van der Waals surface area contributed by atoms with Crippen molar-refractivity contribution in [2.45, 2.75) is 5.03 Å². The first-order valence-corrected chi connectivity index (χ1v) is 6.36. The summed E-state index contributed by atoms with van der Waals surface area (Å²) in [5.74, 6) is 0.601. The minimum atomic E-state index is -0.00940. The van der Waals surface area contributed by atoms with Crippen LogP contribution < -0.4 is 5.73 Å². The Morgan fingerprint density at radius 1 is 1.33 bits per heavy atom. The molecule has 1 rings (SSSR count). The quantitative estimate of drug-likeness (QED) is 0.594. The van der Waals surface area contributed by atoms with Crippen molar-refractivity contribution >= 4 is 23.5 Å². The minimum absolute atomic E-state index is 0.00940. The van der Waals surface area contributed by atoms with Gasteiger partial charge in [0.15, 0.2) is 5.82 Å². The first kappa shape index (κ1) is 14.2. The van der Waals surface area contributed by atoms with Crippen molar-refractivity contribution in [1.82, 2.24) is 14.9 Å². The van der Waals surface area contributed by atoms with Gasteiger partial charge in [0.25, 0.3) is 0 Å². The number of nitrogen functional groups attached to an aromatic ring is 1. The first-order valence-electron chi connectivity index (χ1n) is 5.38. The fourth-order valence-electron chi connectivity index (χ4n) is 1.26. The largest absolute Gasteiger partial charge is 0.381 e. The van der Waals surface area contributed by atoms with Gasteiger partial charge in [-0.1, -0.05) is 23.9 Å². The summed E-state index contributed by atoms with van der Waals surface area (Å²) in [6.45, 7) is 8.24. The molecule has 5 nitrogen and oxygen atoms in total. The van der Waals surface area contributed by atoms with Crippen LogP contribution in [0.4, 0.5) is 5.82 Å². The van der Waals surface area contributed by atoms with E-state index in [2.05, 4.69) is 23.1 Å². The van der Waals surface area contributed by atoms with Crippen LogP contribution in [0.3, 0.4) is 0 Å². The zero-order valence-electron chi connectivity index (χ0n) is 10.1. The van der Waals surface area contributed by atoms with Crippen molar-refractivity contribution < 1.29 is 4.79 Å². The van der Waals surface area contributed by atoms with Gasteiger partial charge in [-0.2, -0.15) is 0 Å². The van der Waals surface area contributed by atoms with Gasteiger partial charge in [0.05, 0.1) is 5.75 Å². The second kappa shape index (κ2) is 7.50. The van der Waals surface area contributed by atoms with Crippen LogP contribution >= 0.6 is 11.8 Å². The van der Waals surface area contributed by atoms with Gasteiger partial charge in [-0.05, 0) is 0 Å². The molecule has 0 aromatic carbocycles. The summed E-state index contributed by atoms with van der Waals surface area (Å²) in [5.41, 5.74) is 5.65. The molecule has 0 unspecified atom stereocenters. The van der Waals surface area contributed by atoms with Crippen LogP contribution in [0.2, 0.25) is 0 Å². The third-order valence-electron chi connectivity index (χ3n) is 2.08. The van der Waals surface area contributed by atoms with Crippen LogP contribution in [-0.4, -0.2) is 39.6 Å². The Labute approximate surface area is 111 Å². The average Bonchev–Trinajstić information content (AvgIpc) is 2.37. The maximum Gasteiger partial charge on any atom is 0.233 e. The molecule has 1 aromatic rings. The molecule has 2 N–H and O–H groups in total. The maximum atomic E-state index is 11.9. The summed E-state index contributed by atoms with van der Waals surface area (Å²) in [7, 11) is 0. The summed E-state index contributed by atoms with van der Waals surface area (Å²) in [6, 6.07) is 0. The number of thioether (sulfide) groups is 1. The topological polar surface area (TPSA) is 72.1 Å². The number of hydrogen-bond acceptors (Lipinski definition) is 5. The van der Waals surface area contributed by atoms with Crippen LogP contribution in [0.15, 0.2) is 42.7 Å². The lowest BCUT2D eigenvalue weighted by molar-refractivity contribution is -0.127. The molecule has 1 heterocycles. The average molecular weight is 264 g/mol. The molecule has 6 heteroatoms. The van der Waals surface area contributed by atoms with Crippen molar-refractivity contribution in [2.75, 3.05) is 24.6 Å². The normalized spacial score (nSPS) is 9.78. The van der Waals surface area contributed by atoms with E-state index in [1.807, 2.05) is 0 Å². The monoisotopic (exact) mass is 264 g/mol. The molecule has 0 fully saturated rings. The van der Waals surface area contributed by atoms with Crippen molar-refractivity contribution in [2.24, 2.45) is 0 Å². The fourth-order valence-corrected chi connectivity index (χ4v) is 2.04. The van der Waals surface area contributed by atoms with Gasteiger partial charge in [-0.15, -0.1) is 13.2 Å². The number of aromatic nitrogens is 2. The Morgan fingerprint density at radius 2 is 1.94 bits per heavy atom. The highest BCUT2D eigenvalue weighted by Gasteiger charge is 2.12. The van der Waals surface area contributed by atoms with E-state index < -0.39 is 0 Å². The second-order valence-corrected chi connectivity index (χ2v) is 4.38. The highest BCUT2D eigenvalue weighted by Crippen LogP contribution is 2.19. The fraction of sp³-hybridized carbons (Fsp3) is 0.250. The maximum absolute atomic E-state index is 11.9. The van der Waals surface area contributed by atoms with Crippen LogP contribution in [0.5, 0.6) is 0 Å². The molecule has 0 radical (unpaired) electrons. The van der Waals surface area contributed by atoms with E-state index in [-0.39, 0.29) is 11.7 Å². The molecule has 1 aromatic heterocycles. The number of nitrogens with two attached hydrogens (primary N) is 1. The van der Waals surface area contributed by atoms with E-state index in [1.54, 1.807) is 23.2 Å². The number of amides is 1. The highest BCUT2D eigenvalue weighted by molar-refractivity contribution is 8.00. The van der Waals surface area contributed by atoms with Crippen LogP contribution in [-0.2, 0) is 4.79 Å². The number of nitrogens with zero attached hydrogens (tertiary/aromatic N) is 3. The number of rotatable bonds is 7. The zero-order chi connectivity index (χ0) is 13.4. The Balaban J connectivity index is 2.56. The van der Waals surface area contributed by atoms with Gasteiger partial charge in [-0.3, -0.25) is 4.79 Å². The number of anilines is 1. The molecule has 18 heavy (non-hydrogen) atoms. The number of carbonyl (C=O) groups is 1. The molecular weight excluding hydrogens is 248 g/mol. The lowest BCUT2D eigenvalue weighted by Crippen LogP contribution is -2.32. The van der Waals surface area contributed by atoms with Crippen molar-refractivity contribution in [3.63, 3.8) is 0 Å². The minimum Gasteiger partial charge on any atom is -0.381 e. The second-order valence-electron chi connectivity index (χ2n) is 3.41. The smallest absolute Gasteiger partial charge is 0.233 e. The summed E-state index contributed by atoms with van der Waals surface area (Å²) >= 11 is 1.28. The van der Waals surface area contributed by atoms with Gasteiger partial charge in [0, 0.05) is 25.5 Å². The van der Waals surface area contributed by atoms with Crippen molar-refractivity contribution in [3.8, 4) is 0 Å². The summed E-state index contributed by atoms with van der Waals surface area (Å²) in [4.78, 5) is 21.6. The zero-order valence-corrected chi connectivity index (χ0v) is 10.9. The van der Waals surface area contributed by atoms with E-state index in [1.165, 1.54) is 18.0 Å². The number of carbonyl (C=O) groups excluding carboxylic acids is 1. The van der Waals surface area contributed by atoms with E-state index >= 15 is 0 Å². The molecule has 0 aliphatic rings. The van der Waals surface area contributed by atoms with E-state index in [0.717, 1.165) is 0 Å². The Kier molecular flexibility index (Phi) is 5.93. The summed E-state index contributed by atoms with van der Waals surface area (Å²) < 4.78 is 0. The molecule has 0 atom stereocenters. The molecule has 1 amide bonds. The summed E-state index contributed by atoms with van der Waals surface area (Å²) in [6.07, 6.45) is 6.43. The predicted octanol–water partition coefficient (Wildman–Crippen LogP) is 1.35. The third-order valence-corrected chi connectivity index (χ3v) is 3.05. The molecule has 0 saturated heterocycles. The van der Waals surface area contributed by atoms with Gasteiger partial charge >= 0.3 is 0 Å². The van der Waals surface area contributed by atoms with Gasteiger partial charge < -0.3 is 10.6 Å². The van der Waals surface area contributed by atoms with Gasteiger partial charge in [0.1, 0.15) is 5.03 Å². The molecule has 0 aliphatic heterocycles. The van der Waals surface area contributed by atoms with Crippen LogP contribution in [0.25, 0.3) is 0 Å². The van der Waals surface area contributed by atoms with Crippen LogP contribution in [0, 0.1) is 0 Å².